The second-order valence-electron chi connectivity index (χ2n) is 3.48. The molecule has 8 nitrogen and oxygen atoms in total. The van der Waals surface area contributed by atoms with Crippen molar-refractivity contribution >= 4 is 20.1 Å². The van der Waals surface area contributed by atoms with Crippen LogP contribution >= 0.6 is 7.82 Å². The van der Waals surface area contributed by atoms with Gasteiger partial charge in [-0.15, -0.1) is 0 Å². The third-order valence-electron chi connectivity index (χ3n) is 1.78. The lowest BCUT2D eigenvalue weighted by Crippen LogP contribution is -2.13. The molecule has 0 bridgehead atoms. The average molecular weight is 292 g/mol. The van der Waals surface area contributed by atoms with Crippen LogP contribution in [-0.4, -0.2) is 42.4 Å². The molecular formula is C10H17N2O6P. The molecule has 0 spiro atoms. The zero-order valence-electron chi connectivity index (χ0n) is 10.9. The van der Waals surface area contributed by atoms with Gasteiger partial charge < -0.3 is 19.4 Å². The van der Waals surface area contributed by atoms with Gasteiger partial charge in [0.15, 0.2) is 0 Å². The van der Waals surface area contributed by atoms with Crippen LogP contribution in [0.4, 0.5) is 5.82 Å². The fourth-order valence-electron chi connectivity index (χ4n) is 1.10. The van der Waals surface area contributed by atoms with Crippen molar-refractivity contribution in [1.29, 1.82) is 0 Å². The van der Waals surface area contributed by atoms with Crippen molar-refractivity contribution < 1.29 is 28.4 Å². The van der Waals surface area contributed by atoms with Crippen LogP contribution < -0.4 is 4.90 Å². The van der Waals surface area contributed by atoms with Gasteiger partial charge in [0, 0.05) is 25.9 Å². The molecule has 108 valence electrons. The van der Waals surface area contributed by atoms with Crippen LogP contribution in [0.3, 0.4) is 0 Å². The average Bonchev–Trinajstić information content (AvgIpc) is 2.36. The summed E-state index contributed by atoms with van der Waals surface area (Å²) in [6.45, 7) is 0.214. The summed E-state index contributed by atoms with van der Waals surface area (Å²) in [6.07, 6.45) is 1.61. The lowest BCUT2D eigenvalue weighted by molar-refractivity contribution is -0.126. The van der Waals surface area contributed by atoms with Gasteiger partial charge in [-0.2, -0.15) is 0 Å². The highest BCUT2D eigenvalue weighted by Gasteiger charge is 2.15. The second kappa shape index (κ2) is 8.60. The maximum atomic E-state index is 10.5. The molecule has 9 heteroatoms. The Labute approximate surface area is 111 Å². The van der Waals surface area contributed by atoms with Crippen LogP contribution in [0.25, 0.3) is 0 Å². The Morgan fingerprint density at radius 1 is 1.47 bits per heavy atom. The van der Waals surface area contributed by atoms with Crippen LogP contribution in [0.1, 0.15) is 5.56 Å². The molecule has 1 heterocycles. The Morgan fingerprint density at radius 2 is 2.05 bits per heavy atom. The van der Waals surface area contributed by atoms with Crippen molar-refractivity contribution in [3.63, 3.8) is 0 Å². The highest BCUT2D eigenvalue weighted by Crippen LogP contribution is 2.37. The summed E-state index contributed by atoms with van der Waals surface area (Å²) in [4.78, 5) is 31.9. The normalized spacial score (nSPS) is 10.2. The molecule has 0 aliphatic carbocycles. The summed E-state index contributed by atoms with van der Waals surface area (Å²) in [5.41, 5.74) is 0.630. The highest BCUT2D eigenvalue weighted by atomic mass is 31.2. The lowest BCUT2D eigenvalue weighted by atomic mass is 10.2. The Morgan fingerprint density at radius 3 is 2.47 bits per heavy atom. The number of carbonyl (C=O) groups excluding carboxylic acids is 1. The van der Waals surface area contributed by atoms with E-state index in [9.17, 15) is 4.57 Å². The van der Waals surface area contributed by atoms with E-state index in [1.54, 1.807) is 37.3 Å². The van der Waals surface area contributed by atoms with E-state index in [1.807, 2.05) is 0 Å². The van der Waals surface area contributed by atoms with E-state index >= 15 is 0 Å². The zero-order valence-corrected chi connectivity index (χ0v) is 11.8. The van der Waals surface area contributed by atoms with Crippen molar-refractivity contribution in [1.82, 2.24) is 4.98 Å². The first-order valence-electron chi connectivity index (χ1n) is 5.09. The van der Waals surface area contributed by atoms with Crippen molar-refractivity contribution in [2.45, 2.75) is 6.61 Å². The number of pyridine rings is 1. The van der Waals surface area contributed by atoms with E-state index in [1.165, 1.54) is 7.11 Å². The summed E-state index contributed by atoms with van der Waals surface area (Å²) < 4.78 is 18.8. The van der Waals surface area contributed by atoms with Crippen molar-refractivity contribution in [3.8, 4) is 0 Å². The predicted molar refractivity (Wildman–Crippen MR) is 68.5 cm³/mol. The third kappa shape index (κ3) is 8.28. The molecule has 0 aliphatic rings. The smallest absolute Gasteiger partial charge is 0.469 e. The minimum atomic E-state index is -4.43. The predicted octanol–water partition coefficient (Wildman–Crippen LogP) is 0.546. The van der Waals surface area contributed by atoms with Crippen molar-refractivity contribution in [2.75, 3.05) is 26.1 Å². The highest BCUT2D eigenvalue weighted by molar-refractivity contribution is 7.46. The summed E-state index contributed by atoms with van der Waals surface area (Å²) in [5.74, 6) is 0.631. The summed E-state index contributed by atoms with van der Waals surface area (Å²) in [6, 6.07) is 3.39. The monoisotopic (exact) mass is 292 g/mol. The molecule has 1 aromatic heterocycles. The first kappa shape index (κ1) is 17.5. The van der Waals surface area contributed by atoms with Gasteiger partial charge in [0.25, 0.3) is 6.47 Å². The van der Waals surface area contributed by atoms with Crippen molar-refractivity contribution in [3.05, 3.63) is 23.9 Å². The minimum absolute atomic E-state index is 0.161. The summed E-state index contributed by atoms with van der Waals surface area (Å²) in [7, 11) is 0.475. The number of aromatic nitrogens is 1. The number of rotatable bonds is 5. The zero-order chi connectivity index (χ0) is 14.9. The third-order valence-corrected chi connectivity index (χ3v) is 2.24. The van der Waals surface area contributed by atoms with Crippen molar-refractivity contribution in [2.24, 2.45) is 0 Å². The molecule has 1 aromatic rings. The molecule has 0 aromatic carbocycles. The summed E-state index contributed by atoms with van der Waals surface area (Å²) in [5, 5.41) is 0. The molecule has 0 amide bonds. The number of phosphoric acid groups is 1. The number of hydrogen-bond acceptors (Lipinski definition) is 6. The van der Waals surface area contributed by atoms with Crippen LogP contribution in [0.2, 0.25) is 0 Å². The van der Waals surface area contributed by atoms with Crippen LogP contribution in [0.5, 0.6) is 0 Å². The lowest BCUT2D eigenvalue weighted by Gasteiger charge is -2.15. The fraction of sp³-hybridized carbons (Fsp3) is 0.400. The second-order valence-corrected chi connectivity index (χ2v) is 4.72. The van der Waals surface area contributed by atoms with E-state index in [-0.39, 0.29) is 6.61 Å². The molecule has 0 atom stereocenters. The van der Waals surface area contributed by atoms with Gasteiger partial charge in [-0.25, -0.2) is 9.55 Å². The molecule has 0 unspecified atom stereocenters. The first-order valence-corrected chi connectivity index (χ1v) is 6.62. The fourth-order valence-corrected chi connectivity index (χ4v) is 1.41. The number of methoxy groups -OCH3 is 1. The van der Waals surface area contributed by atoms with Gasteiger partial charge >= 0.3 is 7.82 Å². The number of ether oxygens (including phenoxy) is 1. The molecule has 2 N–H and O–H groups in total. The SMILES string of the molecule is CN(C)c1ncccc1COP(=O)(O)O.COC=O. The maximum Gasteiger partial charge on any atom is 0.469 e. The topological polar surface area (TPSA) is 109 Å². The summed E-state index contributed by atoms with van der Waals surface area (Å²) >= 11 is 0. The van der Waals surface area contributed by atoms with E-state index in [0.29, 0.717) is 17.9 Å². The van der Waals surface area contributed by atoms with E-state index in [0.717, 1.165) is 0 Å². The Balaban J connectivity index is 0.000000711. The maximum absolute atomic E-state index is 10.5. The Kier molecular flexibility index (Phi) is 7.94. The number of hydrogen-bond donors (Lipinski definition) is 2. The van der Waals surface area contributed by atoms with Gasteiger partial charge in [0.05, 0.1) is 13.7 Å². The van der Waals surface area contributed by atoms with E-state index in [2.05, 4.69) is 14.2 Å². The van der Waals surface area contributed by atoms with Crippen LogP contribution in [-0.2, 0) is 25.2 Å². The van der Waals surface area contributed by atoms with Gasteiger partial charge in [-0.1, -0.05) is 6.07 Å². The molecule has 0 radical (unpaired) electrons. The number of phosphoric ester groups is 1. The quantitative estimate of drug-likeness (QED) is 0.598. The van der Waals surface area contributed by atoms with Gasteiger partial charge in [0.2, 0.25) is 0 Å². The van der Waals surface area contributed by atoms with E-state index < -0.39 is 7.82 Å². The van der Waals surface area contributed by atoms with Gasteiger partial charge in [-0.3, -0.25) is 9.32 Å². The molecular weight excluding hydrogens is 275 g/mol. The number of carbonyl (C=O) groups is 1. The van der Waals surface area contributed by atoms with Crippen LogP contribution in [0, 0.1) is 0 Å². The molecule has 0 fully saturated rings. The molecule has 0 saturated carbocycles. The number of nitrogens with zero attached hydrogens (tertiary/aromatic N) is 2. The van der Waals surface area contributed by atoms with Gasteiger partial charge in [-0.05, 0) is 6.07 Å². The van der Waals surface area contributed by atoms with Crippen LogP contribution in [0.15, 0.2) is 18.3 Å². The van der Waals surface area contributed by atoms with E-state index in [4.69, 9.17) is 14.6 Å². The molecule has 0 saturated heterocycles. The largest absolute Gasteiger partial charge is 0.471 e. The molecule has 1 rings (SSSR count). The number of anilines is 1. The molecule has 19 heavy (non-hydrogen) atoms. The standard InChI is InChI=1S/C8H13N2O4P.C2H4O2/c1-10(2)8-7(4-3-5-9-8)6-14-15(11,12)13;1-4-2-3/h3-5H,6H2,1-2H3,(H2,11,12,13);2H,1H3. The Bertz CT molecular complexity index is 434. The first-order chi connectivity index (χ1) is 8.81. The minimum Gasteiger partial charge on any atom is -0.471 e. The van der Waals surface area contributed by atoms with Gasteiger partial charge in [0.1, 0.15) is 5.82 Å². The molecule has 0 aliphatic heterocycles. The Hall–Kier alpha value is -1.47.